The summed E-state index contributed by atoms with van der Waals surface area (Å²) in [5.41, 5.74) is 25.3. The maximum Gasteiger partial charge on any atom is 0.252 e. The zero-order valence-electron chi connectivity index (χ0n) is 53.4. The maximum absolute atomic E-state index is 2.67. The van der Waals surface area contributed by atoms with Crippen molar-refractivity contribution in [2.75, 3.05) is 9.80 Å². The van der Waals surface area contributed by atoms with Crippen LogP contribution in [-0.4, -0.2) is 15.8 Å². The van der Waals surface area contributed by atoms with Gasteiger partial charge in [0.1, 0.15) is 0 Å². The molecule has 5 heteroatoms. The summed E-state index contributed by atoms with van der Waals surface area (Å²) in [6.45, 7) is 28.3. The Bertz CT molecular complexity index is 4990. The Morgan fingerprint density at radius 2 is 0.652 bits per heavy atom. The summed E-state index contributed by atoms with van der Waals surface area (Å²) < 4.78 is 4.96. The fraction of sp³-hybridized carbons (Fsp3) is 0.190. The van der Waals surface area contributed by atoms with Crippen molar-refractivity contribution >= 4 is 122 Å². The molecule has 0 saturated carbocycles. The number of hydrogen-bond acceptors (Lipinski definition) is 2. The highest BCUT2D eigenvalue weighted by Gasteiger charge is 2.45. The molecule has 12 aromatic carbocycles. The first kappa shape index (κ1) is 54.8. The van der Waals surface area contributed by atoms with Gasteiger partial charge in [0.2, 0.25) is 0 Å². The first-order valence-corrected chi connectivity index (χ1v) is 31.9. The van der Waals surface area contributed by atoms with Crippen molar-refractivity contribution in [3.05, 3.63) is 259 Å². The van der Waals surface area contributed by atoms with Gasteiger partial charge in [-0.05, 0) is 190 Å². The van der Waals surface area contributed by atoms with Crippen LogP contribution < -0.4 is 26.2 Å². The molecule has 0 fully saturated rings. The van der Waals surface area contributed by atoms with Gasteiger partial charge in [0.15, 0.2) is 0 Å². The Balaban J connectivity index is 1.06. The molecule has 0 bridgehead atoms. The van der Waals surface area contributed by atoms with E-state index in [4.69, 9.17) is 0 Å². The van der Waals surface area contributed by atoms with E-state index in [0.717, 1.165) is 22.5 Å². The summed E-state index contributed by atoms with van der Waals surface area (Å²) >= 11 is 0. The predicted octanol–water partition coefficient (Wildman–Crippen LogP) is 21.1. The maximum atomic E-state index is 2.67. The van der Waals surface area contributed by atoms with Crippen molar-refractivity contribution in [3.8, 4) is 22.5 Å². The van der Waals surface area contributed by atoms with Gasteiger partial charge in [-0.2, -0.15) is 0 Å². The summed E-state index contributed by atoms with van der Waals surface area (Å²) in [5.74, 6) is 0. The van der Waals surface area contributed by atoms with Gasteiger partial charge in [-0.15, -0.1) is 0 Å². The molecule has 0 amide bonds. The fourth-order valence-electron chi connectivity index (χ4n) is 14.8. The molecule has 4 nitrogen and oxygen atoms in total. The Kier molecular flexibility index (Phi) is 12.0. The van der Waals surface area contributed by atoms with Gasteiger partial charge in [-0.25, -0.2) is 0 Å². The van der Waals surface area contributed by atoms with Crippen LogP contribution in [0.4, 0.5) is 34.1 Å². The van der Waals surface area contributed by atoms with E-state index < -0.39 is 0 Å². The van der Waals surface area contributed by atoms with E-state index in [0.29, 0.717) is 0 Å². The van der Waals surface area contributed by atoms with Crippen LogP contribution in [0.1, 0.15) is 105 Å². The normalized spacial score (nSPS) is 13.6. The second-order valence-corrected chi connectivity index (χ2v) is 29.5. The highest BCUT2D eigenvalue weighted by Crippen LogP contribution is 2.51. The molecule has 434 valence electrons. The van der Waals surface area contributed by atoms with E-state index in [-0.39, 0.29) is 28.4 Å². The standard InChI is InChI=1S/C84H75BN4/c1-81(2,3)58-46-59(82(4,5)6)49-64(48-58)88-74-42-54-27-21-19-25-52(54)39-68(74)85-69-40-53-26-20-22-28-55(53)43-75(69)89(65-50-60(83(7,8)9)47-61(51-65)84(10,11)12)77-45-57(44-76(88)80(77)85)56-35-36-67-73(41-56)87(63-31-17-14-18-32-63)72-38-37-71-78(79(67)72)66-33-23-24-34-70(66)86(71)62-29-15-13-16-30-62/h13-51H,1-12H3. The average Bonchev–Trinajstić information content (AvgIpc) is 1.27. The average molecular weight is 1150 g/mol. The molecule has 4 heterocycles. The van der Waals surface area contributed by atoms with Crippen molar-refractivity contribution in [1.82, 2.24) is 9.13 Å². The van der Waals surface area contributed by atoms with Crippen LogP contribution in [-0.2, 0) is 21.7 Å². The van der Waals surface area contributed by atoms with Gasteiger partial charge in [0.25, 0.3) is 6.71 Å². The second kappa shape index (κ2) is 19.5. The molecule has 89 heavy (non-hydrogen) atoms. The SMILES string of the molecule is CC(C)(C)c1cc(N2c3cc4ccccc4cc3B3c4cc5ccccc5cc4N(c4cc(C(C)(C)C)cc(C(C)(C)C)c4)c4cc(-c5ccc6c7c8c9ccccc9n(-c9ccccc9)c8ccc7n(-c7ccccc7)c6c5)cc2c43)cc(C(C)(C)C)c1. The lowest BCUT2D eigenvalue weighted by atomic mass is 9.33. The summed E-state index contributed by atoms with van der Waals surface area (Å²) in [6.07, 6.45) is 0. The van der Waals surface area contributed by atoms with Crippen molar-refractivity contribution in [2.45, 2.75) is 105 Å². The summed E-state index contributed by atoms with van der Waals surface area (Å²) in [4.78, 5) is 5.33. The molecular formula is C84H75BN4. The highest BCUT2D eigenvalue weighted by atomic mass is 15.2. The van der Waals surface area contributed by atoms with Gasteiger partial charge < -0.3 is 18.9 Å². The lowest BCUT2D eigenvalue weighted by Gasteiger charge is -2.45. The third-order valence-electron chi connectivity index (χ3n) is 19.5. The number of para-hydroxylation sites is 3. The quantitative estimate of drug-likeness (QED) is 0.160. The number of aromatic nitrogens is 2. The topological polar surface area (TPSA) is 16.3 Å². The van der Waals surface area contributed by atoms with E-state index in [1.54, 1.807) is 0 Å². The van der Waals surface area contributed by atoms with Crippen LogP contribution >= 0.6 is 0 Å². The molecule has 14 aromatic rings. The van der Waals surface area contributed by atoms with Gasteiger partial charge in [-0.3, -0.25) is 0 Å². The summed E-state index contributed by atoms with van der Waals surface area (Å²) in [6, 6.07) is 90.9. The number of hydrogen-bond donors (Lipinski definition) is 0. The Morgan fingerprint density at radius 3 is 1.09 bits per heavy atom. The molecule has 0 atom stereocenters. The van der Waals surface area contributed by atoms with Gasteiger partial charge >= 0.3 is 0 Å². The van der Waals surface area contributed by atoms with Gasteiger partial charge in [0, 0.05) is 67.0 Å². The molecule has 0 unspecified atom stereocenters. The van der Waals surface area contributed by atoms with Crippen LogP contribution in [0.15, 0.2) is 237 Å². The van der Waals surface area contributed by atoms with Gasteiger partial charge in [-0.1, -0.05) is 223 Å². The first-order chi connectivity index (χ1) is 42.7. The van der Waals surface area contributed by atoms with E-state index in [1.807, 2.05) is 0 Å². The zero-order chi connectivity index (χ0) is 61.2. The van der Waals surface area contributed by atoms with Crippen molar-refractivity contribution < 1.29 is 0 Å². The van der Waals surface area contributed by atoms with E-state index in [1.165, 1.54) is 138 Å². The number of anilines is 6. The van der Waals surface area contributed by atoms with Crippen LogP contribution in [0.25, 0.3) is 87.7 Å². The predicted molar refractivity (Wildman–Crippen MR) is 384 cm³/mol. The summed E-state index contributed by atoms with van der Waals surface area (Å²) in [7, 11) is 0. The molecule has 0 aliphatic carbocycles. The van der Waals surface area contributed by atoms with E-state index in [2.05, 4.69) is 339 Å². The third kappa shape index (κ3) is 8.70. The minimum Gasteiger partial charge on any atom is -0.311 e. The van der Waals surface area contributed by atoms with Crippen LogP contribution in [0.3, 0.4) is 0 Å². The number of benzene rings is 12. The molecule has 2 aliphatic heterocycles. The molecule has 0 N–H and O–H groups in total. The Labute approximate surface area is 524 Å². The van der Waals surface area contributed by atoms with Gasteiger partial charge in [0.05, 0.1) is 22.1 Å². The number of fused-ring (bicyclic) bond motifs is 13. The lowest BCUT2D eigenvalue weighted by molar-refractivity contribution is 0.568. The van der Waals surface area contributed by atoms with Crippen molar-refractivity contribution in [1.29, 1.82) is 0 Å². The molecule has 0 saturated heterocycles. The minimum absolute atomic E-state index is 0.0925. The first-order valence-electron chi connectivity index (χ1n) is 31.9. The highest BCUT2D eigenvalue weighted by molar-refractivity contribution is 7.00. The molecule has 0 spiro atoms. The van der Waals surface area contributed by atoms with E-state index in [9.17, 15) is 0 Å². The largest absolute Gasteiger partial charge is 0.311 e. The van der Waals surface area contributed by atoms with Crippen LogP contribution in [0.5, 0.6) is 0 Å². The van der Waals surface area contributed by atoms with Crippen LogP contribution in [0, 0.1) is 0 Å². The molecule has 0 radical (unpaired) electrons. The summed E-state index contributed by atoms with van der Waals surface area (Å²) in [5, 5.41) is 9.93. The molecular weight excluding hydrogens is 1080 g/mol. The Morgan fingerprint density at radius 1 is 0.270 bits per heavy atom. The zero-order valence-corrected chi connectivity index (χ0v) is 53.4. The van der Waals surface area contributed by atoms with Crippen LogP contribution in [0.2, 0.25) is 0 Å². The molecule has 16 rings (SSSR count). The molecule has 2 aliphatic rings. The van der Waals surface area contributed by atoms with E-state index >= 15 is 0 Å². The smallest absolute Gasteiger partial charge is 0.252 e. The second-order valence-electron chi connectivity index (χ2n) is 29.5. The number of nitrogens with zero attached hydrogens (tertiary/aromatic N) is 4. The van der Waals surface area contributed by atoms with Crippen molar-refractivity contribution in [2.24, 2.45) is 0 Å². The molecule has 2 aromatic heterocycles. The Hall–Kier alpha value is -9.58. The third-order valence-corrected chi connectivity index (χ3v) is 19.5. The monoisotopic (exact) mass is 1150 g/mol. The fourth-order valence-corrected chi connectivity index (χ4v) is 14.8. The lowest BCUT2D eigenvalue weighted by Crippen LogP contribution is -2.61. The minimum atomic E-state index is -0.115. The van der Waals surface area contributed by atoms with Crippen molar-refractivity contribution in [3.63, 3.8) is 0 Å². The number of rotatable bonds is 5.